The van der Waals surface area contributed by atoms with Crippen LogP contribution in [-0.2, 0) is 0 Å². The lowest BCUT2D eigenvalue weighted by molar-refractivity contribution is 0.0612. The molecule has 1 saturated heterocycles. The topological polar surface area (TPSA) is 50.5 Å². The number of alkyl halides is 1. The Morgan fingerprint density at radius 2 is 2.30 bits per heavy atom. The third kappa shape index (κ3) is 2.44. The molecule has 5 nitrogen and oxygen atoms in total. The standard InChI is InChI=1S/C14H17BrN4O/c15-5-4-11-3-1-2-7-18(11)14(20)12-9-17-19-8-6-16-10-13(12)19/h6,8-11H,1-5,7H2. The van der Waals surface area contributed by atoms with E-state index in [0.29, 0.717) is 11.6 Å². The fourth-order valence-electron chi connectivity index (χ4n) is 2.85. The van der Waals surface area contributed by atoms with Gasteiger partial charge in [0, 0.05) is 30.3 Å². The van der Waals surface area contributed by atoms with Crippen LogP contribution in [0, 0.1) is 0 Å². The third-order valence-corrected chi connectivity index (χ3v) is 4.34. The van der Waals surface area contributed by atoms with E-state index in [1.165, 1.54) is 6.42 Å². The minimum absolute atomic E-state index is 0.0821. The maximum absolute atomic E-state index is 12.8. The van der Waals surface area contributed by atoms with Crippen molar-refractivity contribution in [3.8, 4) is 0 Å². The highest BCUT2D eigenvalue weighted by Gasteiger charge is 2.28. The van der Waals surface area contributed by atoms with E-state index in [1.54, 1.807) is 29.3 Å². The molecule has 1 aliphatic rings. The zero-order chi connectivity index (χ0) is 13.9. The number of likely N-dealkylation sites (tertiary alicyclic amines) is 1. The molecule has 3 rings (SSSR count). The van der Waals surface area contributed by atoms with Crippen molar-refractivity contribution in [1.82, 2.24) is 19.5 Å². The van der Waals surface area contributed by atoms with Gasteiger partial charge in [0.2, 0.25) is 0 Å². The average molecular weight is 337 g/mol. The summed E-state index contributed by atoms with van der Waals surface area (Å²) in [6, 6.07) is 0.335. The van der Waals surface area contributed by atoms with E-state index in [-0.39, 0.29) is 5.91 Å². The minimum atomic E-state index is 0.0821. The van der Waals surface area contributed by atoms with Gasteiger partial charge in [0.1, 0.15) is 0 Å². The number of carbonyl (C=O) groups is 1. The number of nitrogens with zero attached hydrogens (tertiary/aromatic N) is 4. The first-order valence-corrected chi connectivity index (χ1v) is 8.07. The van der Waals surface area contributed by atoms with E-state index in [2.05, 4.69) is 26.0 Å². The van der Waals surface area contributed by atoms with Crippen molar-refractivity contribution in [3.63, 3.8) is 0 Å². The van der Waals surface area contributed by atoms with Gasteiger partial charge < -0.3 is 4.90 Å². The number of amides is 1. The van der Waals surface area contributed by atoms with Crippen LogP contribution in [0.4, 0.5) is 0 Å². The summed E-state index contributed by atoms with van der Waals surface area (Å²) in [5.74, 6) is 0.0821. The second kappa shape index (κ2) is 5.91. The molecular weight excluding hydrogens is 320 g/mol. The van der Waals surface area contributed by atoms with Gasteiger partial charge in [-0.2, -0.15) is 5.10 Å². The molecule has 0 aromatic carbocycles. The third-order valence-electron chi connectivity index (χ3n) is 3.89. The van der Waals surface area contributed by atoms with Gasteiger partial charge in [0.15, 0.2) is 0 Å². The number of hydrogen-bond donors (Lipinski definition) is 0. The van der Waals surface area contributed by atoms with Gasteiger partial charge in [-0.15, -0.1) is 0 Å². The first-order valence-electron chi connectivity index (χ1n) is 6.95. The Morgan fingerprint density at radius 3 is 3.15 bits per heavy atom. The number of fused-ring (bicyclic) bond motifs is 1. The molecule has 20 heavy (non-hydrogen) atoms. The van der Waals surface area contributed by atoms with E-state index >= 15 is 0 Å². The molecule has 0 radical (unpaired) electrons. The van der Waals surface area contributed by atoms with Crippen LogP contribution < -0.4 is 0 Å². The molecule has 1 amide bonds. The summed E-state index contributed by atoms with van der Waals surface area (Å²) in [5, 5.41) is 5.15. The fraction of sp³-hybridized carbons (Fsp3) is 0.500. The summed E-state index contributed by atoms with van der Waals surface area (Å²) in [6.45, 7) is 0.841. The number of rotatable bonds is 3. The summed E-state index contributed by atoms with van der Waals surface area (Å²) in [7, 11) is 0. The number of piperidine rings is 1. The maximum Gasteiger partial charge on any atom is 0.257 e. The lowest BCUT2D eigenvalue weighted by Gasteiger charge is -2.35. The minimum Gasteiger partial charge on any atom is -0.336 e. The number of aromatic nitrogens is 3. The van der Waals surface area contributed by atoms with Crippen molar-refractivity contribution in [2.45, 2.75) is 31.7 Å². The van der Waals surface area contributed by atoms with Crippen molar-refractivity contribution in [2.75, 3.05) is 11.9 Å². The summed E-state index contributed by atoms with van der Waals surface area (Å²) in [4.78, 5) is 18.9. The molecule has 2 aromatic rings. The first-order chi connectivity index (χ1) is 9.81. The second-order valence-corrected chi connectivity index (χ2v) is 5.88. The van der Waals surface area contributed by atoms with Crippen LogP contribution in [0.5, 0.6) is 0 Å². The summed E-state index contributed by atoms with van der Waals surface area (Å²) in [6.07, 6.45) is 11.2. The molecule has 1 unspecified atom stereocenters. The zero-order valence-electron chi connectivity index (χ0n) is 11.2. The Labute approximate surface area is 126 Å². The van der Waals surface area contributed by atoms with E-state index in [4.69, 9.17) is 0 Å². The van der Waals surface area contributed by atoms with Gasteiger partial charge >= 0.3 is 0 Å². The average Bonchev–Trinajstić information content (AvgIpc) is 2.91. The predicted molar refractivity (Wildman–Crippen MR) is 80.1 cm³/mol. The first kappa shape index (κ1) is 13.5. The molecule has 6 heteroatoms. The highest BCUT2D eigenvalue weighted by Crippen LogP contribution is 2.23. The van der Waals surface area contributed by atoms with E-state index in [1.807, 2.05) is 4.90 Å². The molecule has 1 atom stereocenters. The Balaban J connectivity index is 1.90. The van der Waals surface area contributed by atoms with E-state index in [9.17, 15) is 4.79 Å². The summed E-state index contributed by atoms with van der Waals surface area (Å²) >= 11 is 3.49. The molecule has 106 valence electrons. The van der Waals surface area contributed by atoms with Gasteiger partial charge in [-0.3, -0.25) is 9.78 Å². The van der Waals surface area contributed by atoms with Gasteiger partial charge in [0.05, 0.1) is 23.5 Å². The SMILES string of the molecule is O=C(c1cnn2ccncc12)N1CCCCC1CCBr. The molecule has 0 saturated carbocycles. The number of hydrogen-bond acceptors (Lipinski definition) is 3. The van der Waals surface area contributed by atoms with E-state index in [0.717, 1.165) is 36.7 Å². The largest absolute Gasteiger partial charge is 0.336 e. The van der Waals surface area contributed by atoms with Crippen LogP contribution in [0.2, 0.25) is 0 Å². The van der Waals surface area contributed by atoms with Gasteiger partial charge in [-0.25, -0.2) is 4.52 Å². The Hall–Kier alpha value is -1.43. The summed E-state index contributed by atoms with van der Waals surface area (Å²) in [5.41, 5.74) is 1.43. The zero-order valence-corrected chi connectivity index (χ0v) is 12.8. The van der Waals surface area contributed by atoms with Crippen molar-refractivity contribution >= 4 is 27.4 Å². The molecule has 3 heterocycles. The summed E-state index contributed by atoms with van der Waals surface area (Å²) < 4.78 is 1.70. The Morgan fingerprint density at radius 1 is 1.40 bits per heavy atom. The molecule has 1 aliphatic heterocycles. The predicted octanol–water partition coefficient (Wildman–Crippen LogP) is 2.51. The molecule has 0 aliphatic carbocycles. The van der Waals surface area contributed by atoms with Crippen LogP contribution in [0.25, 0.3) is 5.52 Å². The van der Waals surface area contributed by atoms with Crippen LogP contribution in [-0.4, -0.2) is 43.3 Å². The van der Waals surface area contributed by atoms with Crippen molar-refractivity contribution in [3.05, 3.63) is 30.4 Å². The van der Waals surface area contributed by atoms with Gasteiger partial charge in [-0.1, -0.05) is 15.9 Å². The number of halogens is 1. The Bertz CT molecular complexity index is 610. The molecule has 0 bridgehead atoms. The smallest absolute Gasteiger partial charge is 0.257 e. The lowest BCUT2D eigenvalue weighted by atomic mass is 9.99. The van der Waals surface area contributed by atoms with Crippen LogP contribution in [0.1, 0.15) is 36.0 Å². The molecule has 2 aromatic heterocycles. The molecule has 0 spiro atoms. The van der Waals surface area contributed by atoms with Crippen molar-refractivity contribution in [2.24, 2.45) is 0 Å². The quantitative estimate of drug-likeness (QED) is 0.809. The molecule has 0 N–H and O–H groups in total. The van der Waals surface area contributed by atoms with Crippen LogP contribution >= 0.6 is 15.9 Å². The normalized spacial score (nSPS) is 19.4. The van der Waals surface area contributed by atoms with Crippen molar-refractivity contribution in [1.29, 1.82) is 0 Å². The molecule has 1 fully saturated rings. The Kier molecular flexibility index (Phi) is 4.00. The number of carbonyl (C=O) groups excluding carboxylic acids is 1. The lowest BCUT2D eigenvalue weighted by Crippen LogP contribution is -2.43. The highest BCUT2D eigenvalue weighted by molar-refractivity contribution is 9.09. The van der Waals surface area contributed by atoms with E-state index < -0.39 is 0 Å². The van der Waals surface area contributed by atoms with Gasteiger partial charge in [-0.05, 0) is 25.7 Å². The highest BCUT2D eigenvalue weighted by atomic mass is 79.9. The van der Waals surface area contributed by atoms with Gasteiger partial charge in [0.25, 0.3) is 5.91 Å². The molecular formula is C14H17BrN4O. The van der Waals surface area contributed by atoms with Crippen LogP contribution in [0.3, 0.4) is 0 Å². The van der Waals surface area contributed by atoms with Crippen molar-refractivity contribution < 1.29 is 4.79 Å². The second-order valence-electron chi connectivity index (χ2n) is 5.09. The van der Waals surface area contributed by atoms with Crippen LogP contribution in [0.15, 0.2) is 24.8 Å². The fourth-order valence-corrected chi connectivity index (χ4v) is 3.38. The monoisotopic (exact) mass is 336 g/mol. The maximum atomic E-state index is 12.8.